The zero-order valence-electron chi connectivity index (χ0n) is 8.12. The molecule has 0 bridgehead atoms. The lowest BCUT2D eigenvalue weighted by atomic mass is 10.0. The standard InChI is InChI=1S/C9H18N2O2/c1-2-5-13-7-9(3-4-9)6-8(10)11-12/h12H,2-7H2,1H3,(H2,10,11). The van der Waals surface area contributed by atoms with Gasteiger partial charge < -0.3 is 15.7 Å². The van der Waals surface area contributed by atoms with Gasteiger partial charge in [-0.25, -0.2) is 0 Å². The maximum absolute atomic E-state index is 8.42. The molecule has 0 atom stereocenters. The molecule has 13 heavy (non-hydrogen) atoms. The van der Waals surface area contributed by atoms with Crippen molar-refractivity contribution >= 4 is 5.84 Å². The molecule has 0 aromatic heterocycles. The van der Waals surface area contributed by atoms with E-state index in [2.05, 4.69) is 12.1 Å². The van der Waals surface area contributed by atoms with Crippen molar-refractivity contribution in [2.75, 3.05) is 13.2 Å². The smallest absolute Gasteiger partial charge is 0.139 e. The van der Waals surface area contributed by atoms with Gasteiger partial charge >= 0.3 is 0 Å². The van der Waals surface area contributed by atoms with Crippen molar-refractivity contribution in [1.29, 1.82) is 0 Å². The highest BCUT2D eigenvalue weighted by atomic mass is 16.5. The van der Waals surface area contributed by atoms with Crippen LogP contribution in [0.1, 0.15) is 32.6 Å². The summed E-state index contributed by atoms with van der Waals surface area (Å²) in [6, 6.07) is 0. The van der Waals surface area contributed by atoms with E-state index >= 15 is 0 Å². The van der Waals surface area contributed by atoms with Gasteiger partial charge in [0, 0.05) is 18.4 Å². The van der Waals surface area contributed by atoms with Gasteiger partial charge in [-0.1, -0.05) is 12.1 Å². The molecule has 4 heteroatoms. The Morgan fingerprint density at radius 1 is 1.62 bits per heavy atom. The molecule has 0 saturated heterocycles. The number of amidine groups is 1. The van der Waals surface area contributed by atoms with Crippen LogP contribution in [0.2, 0.25) is 0 Å². The minimum Gasteiger partial charge on any atom is -0.409 e. The van der Waals surface area contributed by atoms with Gasteiger partial charge in [0.15, 0.2) is 0 Å². The first-order valence-electron chi connectivity index (χ1n) is 4.76. The maximum Gasteiger partial charge on any atom is 0.139 e. The fourth-order valence-corrected chi connectivity index (χ4v) is 1.40. The molecule has 0 aliphatic heterocycles. The predicted octanol–water partition coefficient (Wildman–Crippen LogP) is 1.33. The Morgan fingerprint density at radius 2 is 2.31 bits per heavy atom. The third-order valence-corrected chi connectivity index (χ3v) is 2.40. The third kappa shape index (κ3) is 3.22. The van der Waals surface area contributed by atoms with Gasteiger partial charge in [-0.3, -0.25) is 0 Å². The molecule has 0 radical (unpaired) electrons. The molecule has 4 nitrogen and oxygen atoms in total. The number of hydrogen-bond donors (Lipinski definition) is 2. The van der Waals surface area contributed by atoms with Crippen LogP contribution >= 0.6 is 0 Å². The first-order chi connectivity index (χ1) is 6.22. The average molecular weight is 186 g/mol. The Morgan fingerprint density at radius 3 is 2.77 bits per heavy atom. The third-order valence-electron chi connectivity index (χ3n) is 2.40. The van der Waals surface area contributed by atoms with Crippen molar-refractivity contribution in [1.82, 2.24) is 0 Å². The molecule has 0 aromatic carbocycles. The maximum atomic E-state index is 8.42. The summed E-state index contributed by atoms with van der Waals surface area (Å²) in [5, 5.41) is 11.4. The summed E-state index contributed by atoms with van der Waals surface area (Å²) in [6.45, 7) is 3.64. The lowest BCUT2D eigenvalue weighted by Crippen LogP contribution is -2.21. The molecule has 1 rings (SSSR count). The second kappa shape index (κ2) is 4.46. The summed E-state index contributed by atoms with van der Waals surface area (Å²) in [4.78, 5) is 0. The van der Waals surface area contributed by atoms with E-state index in [1.54, 1.807) is 0 Å². The summed E-state index contributed by atoms with van der Waals surface area (Å²) < 4.78 is 5.46. The molecule has 0 unspecified atom stereocenters. The first-order valence-corrected chi connectivity index (χ1v) is 4.76. The van der Waals surface area contributed by atoms with Gasteiger partial charge in [0.2, 0.25) is 0 Å². The zero-order chi connectivity index (χ0) is 9.73. The second-order valence-electron chi connectivity index (χ2n) is 3.82. The van der Waals surface area contributed by atoms with Crippen LogP contribution in [0.15, 0.2) is 5.16 Å². The molecular weight excluding hydrogens is 168 g/mol. The van der Waals surface area contributed by atoms with Gasteiger partial charge in [0.05, 0.1) is 6.61 Å². The van der Waals surface area contributed by atoms with E-state index in [1.807, 2.05) is 0 Å². The number of oxime groups is 1. The molecule has 3 N–H and O–H groups in total. The molecule has 0 heterocycles. The Hall–Kier alpha value is -0.770. The summed E-state index contributed by atoms with van der Waals surface area (Å²) >= 11 is 0. The minimum absolute atomic E-state index is 0.186. The van der Waals surface area contributed by atoms with Crippen LogP contribution in [-0.2, 0) is 4.74 Å². The normalized spacial score (nSPS) is 20.2. The molecule has 0 spiro atoms. The molecule has 1 saturated carbocycles. The Balaban J connectivity index is 2.22. The highest BCUT2D eigenvalue weighted by molar-refractivity contribution is 5.80. The summed E-state index contributed by atoms with van der Waals surface area (Å²) in [6.07, 6.45) is 3.97. The molecular formula is C9H18N2O2. The van der Waals surface area contributed by atoms with Crippen LogP contribution in [-0.4, -0.2) is 24.3 Å². The van der Waals surface area contributed by atoms with E-state index in [0.717, 1.165) is 32.5 Å². The molecule has 1 aliphatic rings. The van der Waals surface area contributed by atoms with Crippen molar-refractivity contribution in [3.05, 3.63) is 0 Å². The van der Waals surface area contributed by atoms with Crippen molar-refractivity contribution < 1.29 is 9.94 Å². The molecule has 76 valence electrons. The van der Waals surface area contributed by atoms with Gasteiger partial charge in [-0.2, -0.15) is 0 Å². The quantitative estimate of drug-likeness (QED) is 0.216. The Kier molecular flexibility index (Phi) is 3.54. The first kappa shape index (κ1) is 10.3. The highest BCUT2D eigenvalue weighted by Gasteiger charge is 2.43. The van der Waals surface area contributed by atoms with Gasteiger partial charge in [0.1, 0.15) is 5.84 Å². The number of rotatable bonds is 6. The Labute approximate surface area is 78.7 Å². The van der Waals surface area contributed by atoms with Crippen molar-refractivity contribution in [2.24, 2.45) is 16.3 Å². The second-order valence-corrected chi connectivity index (χ2v) is 3.82. The minimum atomic E-state index is 0.186. The molecule has 0 amide bonds. The van der Waals surface area contributed by atoms with Gasteiger partial charge in [0.25, 0.3) is 0 Å². The highest BCUT2D eigenvalue weighted by Crippen LogP contribution is 2.48. The van der Waals surface area contributed by atoms with Crippen molar-refractivity contribution in [3.63, 3.8) is 0 Å². The summed E-state index contributed by atoms with van der Waals surface area (Å²) in [5.74, 6) is 0.317. The summed E-state index contributed by atoms with van der Waals surface area (Å²) in [7, 11) is 0. The molecule has 1 aliphatic carbocycles. The topological polar surface area (TPSA) is 67.8 Å². The SMILES string of the molecule is CCCOCC1(CC(N)=NO)CC1. The molecule has 0 aromatic rings. The van der Waals surface area contributed by atoms with Crippen LogP contribution in [0.5, 0.6) is 0 Å². The average Bonchev–Trinajstić information content (AvgIpc) is 2.86. The monoisotopic (exact) mass is 186 g/mol. The van der Waals surface area contributed by atoms with Crippen LogP contribution in [0.4, 0.5) is 0 Å². The van der Waals surface area contributed by atoms with Crippen LogP contribution in [0.25, 0.3) is 0 Å². The van der Waals surface area contributed by atoms with Crippen LogP contribution in [0.3, 0.4) is 0 Å². The number of hydrogen-bond acceptors (Lipinski definition) is 3. The van der Waals surface area contributed by atoms with E-state index in [-0.39, 0.29) is 5.41 Å². The van der Waals surface area contributed by atoms with E-state index in [4.69, 9.17) is 15.7 Å². The van der Waals surface area contributed by atoms with Gasteiger partial charge in [-0.05, 0) is 19.3 Å². The number of nitrogens with two attached hydrogens (primary N) is 1. The predicted molar refractivity (Wildman–Crippen MR) is 50.8 cm³/mol. The van der Waals surface area contributed by atoms with E-state index in [9.17, 15) is 0 Å². The fraction of sp³-hybridized carbons (Fsp3) is 0.889. The van der Waals surface area contributed by atoms with Crippen molar-refractivity contribution in [3.8, 4) is 0 Å². The Bertz CT molecular complexity index is 188. The van der Waals surface area contributed by atoms with Crippen LogP contribution in [0, 0.1) is 5.41 Å². The fourth-order valence-electron chi connectivity index (χ4n) is 1.40. The number of ether oxygens (including phenoxy) is 1. The molecule has 1 fully saturated rings. The number of nitrogens with zero attached hydrogens (tertiary/aromatic N) is 1. The van der Waals surface area contributed by atoms with Crippen molar-refractivity contribution in [2.45, 2.75) is 32.6 Å². The zero-order valence-corrected chi connectivity index (χ0v) is 8.12. The van der Waals surface area contributed by atoms with Gasteiger partial charge in [-0.15, -0.1) is 0 Å². The lowest BCUT2D eigenvalue weighted by Gasteiger charge is -2.13. The lowest BCUT2D eigenvalue weighted by molar-refractivity contribution is 0.0927. The van der Waals surface area contributed by atoms with Crippen LogP contribution < -0.4 is 5.73 Å². The summed E-state index contributed by atoms with van der Waals surface area (Å²) in [5.41, 5.74) is 5.63. The van der Waals surface area contributed by atoms with E-state index in [1.165, 1.54) is 0 Å². The van der Waals surface area contributed by atoms with E-state index in [0.29, 0.717) is 12.3 Å². The van der Waals surface area contributed by atoms with E-state index < -0.39 is 0 Å². The largest absolute Gasteiger partial charge is 0.409 e.